The number of nitrogens with zero attached hydrogens (tertiary/aromatic N) is 1. The number of aryl methyl sites for hydroxylation is 2. The van der Waals surface area contributed by atoms with E-state index in [9.17, 15) is 0 Å². The molecule has 0 aliphatic carbocycles. The molecule has 0 aliphatic heterocycles. The van der Waals surface area contributed by atoms with Crippen molar-refractivity contribution >= 4 is 24.3 Å². The molecule has 10 nitrogen and oxygen atoms in total. The van der Waals surface area contributed by atoms with E-state index >= 15 is 0 Å². The Morgan fingerprint density at radius 3 is 1.21 bits per heavy atom. The molecule has 0 aromatic carbocycles. The average molecular weight is 269 g/mol. The van der Waals surface area contributed by atoms with Gasteiger partial charge in [0.15, 0.2) is 0 Å². The van der Waals surface area contributed by atoms with E-state index in [-0.39, 0.29) is 0 Å². The standard InChI is InChI=1S/C5H7NO.4CHNO/c1-4-3-7-6-5(4)2;4*2-1-3/h3H,1-2H3;4*2H. The van der Waals surface area contributed by atoms with Gasteiger partial charge in [0.05, 0.1) is 5.69 Å². The van der Waals surface area contributed by atoms with Crippen LogP contribution in [0.4, 0.5) is 0 Å². The third-order valence-electron chi connectivity index (χ3n) is 0.990. The normalized spacial score (nSPS) is 5.16. The molecule has 4 N–H and O–H groups in total. The monoisotopic (exact) mass is 269 g/mol. The van der Waals surface area contributed by atoms with Gasteiger partial charge in [0.2, 0.25) is 24.3 Å². The fourth-order valence-corrected chi connectivity index (χ4v) is 0.342. The summed E-state index contributed by atoms with van der Waals surface area (Å²) in [5, 5.41) is 25.3. The van der Waals surface area contributed by atoms with Crippen molar-refractivity contribution in [3.05, 3.63) is 17.5 Å². The zero-order valence-electron chi connectivity index (χ0n) is 10.1. The molecule has 1 aromatic heterocycles. The number of carbonyl (C=O) groups excluding carboxylic acids is 4. The number of hydrogen-bond acceptors (Lipinski definition) is 10. The van der Waals surface area contributed by atoms with Crippen LogP contribution in [0.2, 0.25) is 0 Å². The first-order chi connectivity index (χ1) is 8.96. The molecule has 0 saturated carbocycles. The topological polar surface area (TPSA) is 190 Å². The van der Waals surface area contributed by atoms with Crippen LogP contribution in [0.5, 0.6) is 0 Å². The van der Waals surface area contributed by atoms with Gasteiger partial charge in [0.25, 0.3) is 0 Å². The van der Waals surface area contributed by atoms with E-state index in [4.69, 9.17) is 40.8 Å². The lowest BCUT2D eigenvalue weighted by molar-refractivity contribution is 0.414. The summed E-state index contributed by atoms with van der Waals surface area (Å²) < 4.78 is 4.59. The summed E-state index contributed by atoms with van der Waals surface area (Å²) in [6.07, 6.45) is 4.63. The quantitative estimate of drug-likeness (QED) is 0.399. The molecule has 0 unspecified atom stereocenters. The van der Waals surface area contributed by atoms with Crippen LogP contribution in [-0.4, -0.2) is 29.5 Å². The summed E-state index contributed by atoms with van der Waals surface area (Å²) in [6, 6.07) is 0. The largest absolute Gasteiger partial charge is 0.364 e. The summed E-state index contributed by atoms with van der Waals surface area (Å²) in [5.74, 6) is 0. The van der Waals surface area contributed by atoms with Crippen LogP contribution in [0.25, 0.3) is 0 Å². The Labute approximate surface area is 107 Å². The Hall–Kier alpha value is -3.27. The number of rotatable bonds is 0. The highest BCUT2D eigenvalue weighted by molar-refractivity contribution is 5.26. The maximum atomic E-state index is 8.35. The fraction of sp³-hybridized carbons (Fsp3) is 0.222. The van der Waals surface area contributed by atoms with Crippen molar-refractivity contribution in [1.29, 1.82) is 21.6 Å². The summed E-state index contributed by atoms with van der Waals surface area (Å²) in [4.78, 5) is 33.4. The van der Waals surface area contributed by atoms with Crippen molar-refractivity contribution in [2.45, 2.75) is 13.8 Å². The van der Waals surface area contributed by atoms with E-state index in [2.05, 4.69) is 9.68 Å². The minimum Gasteiger partial charge on any atom is -0.364 e. The molecule has 1 rings (SSSR count). The second-order valence-electron chi connectivity index (χ2n) is 1.99. The Balaban J connectivity index is -0.0000000812. The second-order valence-corrected chi connectivity index (χ2v) is 1.99. The van der Waals surface area contributed by atoms with Gasteiger partial charge in [-0.2, -0.15) is 0 Å². The highest BCUT2D eigenvalue weighted by atomic mass is 16.5. The maximum Gasteiger partial charge on any atom is 0.231 e. The molecule has 19 heavy (non-hydrogen) atoms. The summed E-state index contributed by atoms with van der Waals surface area (Å²) >= 11 is 0. The number of nitrogens with one attached hydrogen (secondary N) is 4. The van der Waals surface area contributed by atoms with Gasteiger partial charge >= 0.3 is 0 Å². The lowest BCUT2D eigenvalue weighted by atomic mass is 10.3. The predicted octanol–water partition coefficient (Wildman–Crippen LogP) is 0.895. The van der Waals surface area contributed by atoms with E-state index in [1.54, 1.807) is 6.26 Å². The van der Waals surface area contributed by atoms with E-state index in [0.717, 1.165) is 35.6 Å². The van der Waals surface area contributed by atoms with E-state index in [1.165, 1.54) is 0 Å². The van der Waals surface area contributed by atoms with Gasteiger partial charge in [-0.3, -0.25) is 0 Å². The summed E-state index contributed by atoms with van der Waals surface area (Å²) in [7, 11) is 0. The first-order valence-electron chi connectivity index (χ1n) is 4.00. The molecular weight excluding hydrogens is 258 g/mol. The predicted molar refractivity (Wildman–Crippen MR) is 59.6 cm³/mol. The highest BCUT2D eigenvalue weighted by Gasteiger charge is 1.90. The first-order valence-corrected chi connectivity index (χ1v) is 4.00. The van der Waals surface area contributed by atoms with Crippen LogP contribution >= 0.6 is 0 Å². The summed E-state index contributed by atoms with van der Waals surface area (Å²) in [5.41, 5.74) is 2.08. The SMILES string of the molecule is Cc1conc1C.N=C=O.N=C=O.N=C=O.N=C=O. The van der Waals surface area contributed by atoms with Crippen molar-refractivity contribution in [1.82, 2.24) is 5.16 Å². The Morgan fingerprint density at radius 1 is 0.895 bits per heavy atom. The van der Waals surface area contributed by atoms with Crippen LogP contribution in [0, 0.1) is 35.5 Å². The molecule has 102 valence electrons. The van der Waals surface area contributed by atoms with Crippen LogP contribution in [0.1, 0.15) is 11.3 Å². The third kappa shape index (κ3) is 52.7. The molecule has 0 bridgehead atoms. The average Bonchev–Trinajstić information content (AvgIpc) is 2.68. The Morgan fingerprint density at radius 2 is 1.16 bits per heavy atom. The highest BCUT2D eigenvalue weighted by Crippen LogP contribution is 1.99. The molecule has 0 aliphatic rings. The van der Waals surface area contributed by atoms with Gasteiger partial charge in [-0.1, -0.05) is 5.16 Å². The van der Waals surface area contributed by atoms with Crippen molar-refractivity contribution < 1.29 is 23.7 Å². The molecule has 1 heterocycles. The van der Waals surface area contributed by atoms with Gasteiger partial charge in [0, 0.05) is 5.56 Å². The van der Waals surface area contributed by atoms with Crippen molar-refractivity contribution in [2.75, 3.05) is 0 Å². The zero-order chi connectivity index (χ0) is 16.1. The molecule has 0 saturated heterocycles. The van der Waals surface area contributed by atoms with Gasteiger partial charge in [-0.25, -0.2) is 40.8 Å². The first kappa shape index (κ1) is 24.8. The minimum atomic E-state index is 0.750. The molecule has 1 aromatic rings. The van der Waals surface area contributed by atoms with E-state index in [1.807, 2.05) is 13.8 Å². The Kier molecular flexibility index (Phi) is 38.3. The lowest BCUT2D eigenvalue weighted by Gasteiger charge is -1.74. The van der Waals surface area contributed by atoms with E-state index in [0.29, 0.717) is 0 Å². The third-order valence-corrected chi connectivity index (χ3v) is 0.990. The van der Waals surface area contributed by atoms with Crippen LogP contribution in [-0.2, 0) is 19.2 Å². The van der Waals surface area contributed by atoms with Crippen LogP contribution in [0.15, 0.2) is 10.8 Å². The Bertz CT molecular complexity index is 379. The van der Waals surface area contributed by atoms with Gasteiger partial charge in [-0.15, -0.1) is 0 Å². The smallest absolute Gasteiger partial charge is 0.231 e. The second kappa shape index (κ2) is 29.3. The zero-order valence-corrected chi connectivity index (χ0v) is 10.1. The van der Waals surface area contributed by atoms with Crippen molar-refractivity contribution in [2.24, 2.45) is 0 Å². The number of isocyanates is 4. The van der Waals surface area contributed by atoms with Gasteiger partial charge in [-0.05, 0) is 13.8 Å². The minimum absolute atomic E-state index is 0.750. The molecular formula is C9H11N5O5. The molecule has 10 heteroatoms. The molecule has 0 amide bonds. The molecule has 0 spiro atoms. The molecule has 0 fully saturated rings. The summed E-state index contributed by atoms with van der Waals surface area (Å²) in [6.45, 7) is 3.88. The number of aromatic nitrogens is 1. The van der Waals surface area contributed by atoms with Gasteiger partial charge < -0.3 is 4.52 Å². The van der Waals surface area contributed by atoms with Crippen LogP contribution in [0.3, 0.4) is 0 Å². The van der Waals surface area contributed by atoms with Crippen LogP contribution < -0.4 is 0 Å². The lowest BCUT2D eigenvalue weighted by Crippen LogP contribution is -1.69. The molecule has 0 atom stereocenters. The fourth-order valence-electron chi connectivity index (χ4n) is 0.342. The van der Waals surface area contributed by atoms with Crippen molar-refractivity contribution in [3.8, 4) is 0 Å². The van der Waals surface area contributed by atoms with Gasteiger partial charge in [0.1, 0.15) is 6.26 Å². The van der Waals surface area contributed by atoms with Crippen molar-refractivity contribution in [3.63, 3.8) is 0 Å². The van der Waals surface area contributed by atoms with E-state index < -0.39 is 0 Å². The number of hydrogen-bond donors (Lipinski definition) is 4. The maximum absolute atomic E-state index is 8.35. The molecule has 0 radical (unpaired) electrons.